The van der Waals surface area contributed by atoms with Crippen LogP contribution in [0.25, 0.3) is 21.2 Å². The zero-order valence-corrected chi connectivity index (χ0v) is 15.0. The minimum atomic E-state index is -0.0625. The van der Waals surface area contributed by atoms with E-state index >= 15 is 0 Å². The Bertz CT molecular complexity index is 821. The predicted molar refractivity (Wildman–Crippen MR) is 102 cm³/mol. The second kappa shape index (κ2) is 8.00. The third-order valence-electron chi connectivity index (χ3n) is 4.44. The van der Waals surface area contributed by atoms with Crippen molar-refractivity contribution in [2.24, 2.45) is 0 Å². The molecule has 1 aliphatic heterocycles. The van der Waals surface area contributed by atoms with E-state index in [1.165, 1.54) is 22.1 Å². The Labute approximate surface area is 152 Å². The van der Waals surface area contributed by atoms with Crippen LogP contribution in [0.15, 0.2) is 53.9 Å². The first-order chi connectivity index (χ1) is 12.4. The quantitative estimate of drug-likeness (QED) is 0.548. The van der Waals surface area contributed by atoms with E-state index in [-0.39, 0.29) is 6.29 Å². The van der Waals surface area contributed by atoms with Crippen LogP contribution in [0.3, 0.4) is 0 Å². The number of benzene rings is 2. The van der Waals surface area contributed by atoms with Crippen molar-refractivity contribution in [2.45, 2.75) is 25.6 Å². The van der Waals surface area contributed by atoms with Gasteiger partial charge in [0.15, 0.2) is 6.29 Å². The number of hydrogen-bond acceptors (Lipinski definition) is 4. The Kier molecular flexibility index (Phi) is 5.31. The lowest BCUT2D eigenvalue weighted by atomic mass is 10.0. The van der Waals surface area contributed by atoms with Crippen LogP contribution in [0.1, 0.15) is 19.3 Å². The SMILES string of the molecule is c1ccc(-c2cccc3ccsc23)c(OCCOC2CCCCO2)c1. The summed E-state index contributed by atoms with van der Waals surface area (Å²) < 4.78 is 18.7. The lowest BCUT2D eigenvalue weighted by Crippen LogP contribution is -2.24. The van der Waals surface area contributed by atoms with Crippen LogP contribution in [-0.2, 0) is 9.47 Å². The Hall–Kier alpha value is -1.88. The smallest absolute Gasteiger partial charge is 0.157 e. The molecule has 25 heavy (non-hydrogen) atoms. The number of rotatable bonds is 6. The average Bonchev–Trinajstić information content (AvgIpc) is 3.15. The number of fused-ring (bicyclic) bond motifs is 1. The van der Waals surface area contributed by atoms with Gasteiger partial charge >= 0.3 is 0 Å². The normalized spacial score (nSPS) is 17.7. The van der Waals surface area contributed by atoms with E-state index in [4.69, 9.17) is 14.2 Å². The Balaban J connectivity index is 1.45. The van der Waals surface area contributed by atoms with Crippen LogP contribution < -0.4 is 4.74 Å². The highest BCUT2D eigenvalue weighted by Crippen LogP contribution is 2.37. The van der Waals surface area contributed by atoms with Crippen molar-refractivity contribution in [1.82, 2.24) is 0 Å². The molecule has 0 spiro atoms. The third kappa shape index (κ3) is 3.87. The van der Waals surface area contributed by atoms with Gasteiger partial charge in [-0.05, 0) is 42.2 Å². The largest absolute Gasteiger partial charge is 0.491 e. The summed E-state index contributed by atoms with van der Waals surface area (Å²) in [4.78, 5) is 0. The molecule has 3 aromatic rings. The zero-order valence-electron chi connectivity index (χ0n) is 14.1. The van der Waals surface area contributed by atoms with Crippen molar-refractivity contribution in [3.8, 4) is 16.9 Å². The summed E-state index contributed by atoms with van der Waals surface area (Å²) in [7, 11) is 0. The molecule has 2 heterocycles. The first-order valence-electron chi connectivity index (χ1n) is 8.83. The summed E-state index contributed by atoms with van der Waals surface area (Å²) in [5, 5.41) is 3.41. The minimum absolute atomic E-state index is 0.0625. The fraction of sp³-hybridized carbons (Fsp3) is 0.333. The van der Waals surface area contributed by atoms with Gasteiger partial charge in [-0.2, -0.15) is 0 Å². The van der Waals surface area contributed by atoms with Crippen LogP contribution in [0.4, 0.5) is 0 Å². The maximum atomic E-state index is 6.03. The van der Waals surface area contributed by atoms with Gasteiger partial charge in [0.05, 0.1) is 6.61 Å². The van der Waals surface area contributed by atoms with E-state index in [2.05, 4.69) is 41.8 Å². The molecule has 4 heteroatoms. The van der Waals surface area contributed by atoms with Crippen molar-refractivity contribution >= 4 is 21.4 Å². The van der Waals surface area contributed by atoms with Gasteiger partial charge in [-0.25, -0.2) is 0 Å². The molecule has 0 saturated carbocycles. The molecular formula is C21H22O3S. The average molecular weight is 354 g/mol. The molecular weight excluding hydrogens is 332 g/mol. The molecule has 1 aromatic heterocycles. The van der Waals surface area contributed by atoms with Crippen molar-refractivity contribution in [2.75, 3.05) is 19.8 Å². The van der Waals surface area contributed by atoms with Crippen LogP contribution in [0.2, 0.25) is 0 Å². The van der Waals surface area contributed by atoms with E-state index in [1.54, 1.807) is 11.3 Å². The highest BCUT2D eigenvalue weighted by Gasteiger charge is 2.14. The fourth-order valence-electron chi connectivity index (χ4n) is 3.19. The summed E-state index contributed by atoms with van der Waals surface area (Å²) in [5.74, 6) is 0.900. The summed E-state index contributed by atoms with van der Waals surface area (Å²) in [5.41, 5.74) is 2.35. The van der Waals surface area contributed by atoms with Gasteiger partial charge in [0.25, 0.3) is 0 Å². The zero-order chi connectivity index (χ0) is 16.9. The molecule has 0 bridgehead atoms. The van der Waals surface area contributed by atoms with Crippen LogP contribution in [0, 0.1) is 0 Å². The minimum Gasteiger partial charge on any atom is -0.491 e. The molecule has 1 aliphatic rings. The summed E-state index contributed by atoms with van der Waals surface area (Å²) in [6.45, 7) is 1.87. The molecule has 0 N–H and O–H groups in total. The maximum absolute atomic E-state index is 6.03. The summed E-state index contributed by atoms with van der Waals surface area (Å²) >= 11 is 1.77. The summed E-state index contributed by atoms with van der Waals surface area (Å²) in [6.07, 6.45) is 3.24. The molecule has 1 unspecified atom stereocenters. The third-order valence-corrected chi connectivity index (χ3v) is 5.40. The van der Waals surface area contributed by atoms with Crippen molar-refractivity contribution in [3.63, 3.8) is 0 Å². The second-order valence-corrected chi connectivity index (χ2v) is 7.07. The molecule has 1 atom stereocenters. The first kappa shape index (κ1) is 16.6. The Morgan fingerprint density at radius 2 is 1.88 bits per heavy atom. The van der Waals surface area contributed by atoms with Crippen LogP contribution >= 0.6 is 11.3 Å². The Morgan fingerprint density at radius 1 is 0.960 bits per heavy atom. The number of ether oxygens (including phenoxy) is 3. The van der Waals surface area contributed by atoms with Crippen molar-refractivity contribution in [3.05, 3.63) is 53.9 Å². The van der Waals surface area contributed by atoms with Crippen LogP contribution in [0.5, 0.6) is 5.75 Å². The first-order valence-corrected chi connectivity index (χ1v) is 9.71. The molecule has 0 radical (unpaired) electrons. The van der Waals surface area contributed by atoms with E-state index in [1.807, 2.05) is 12.1 Å². The van der Waals surface area contributed by atoms with Gasteiger partial charge in [0, 0.05) is 22.4 Å². The van der Waals surface area contributed by atoms with Gasteiger partial charge in [0.1, 0.15) is 12.4 Å². The van der Waals surface area contributed by atoms with Gasteiger partial charge in [-0.15, -0.1) is 11.3 Å². The standard InChI is InChI=1S/C21H22O3S/c1-2-9-19(22-13-14-24-20-10-3-4-12-23-20)17(7-1)18-8-5-6-16-11-15-25-21(16)18/h1-2,5-9,11,15,20H,3-4,10,12-14H2. The molecule has 3 nitrogen and oxygen atoms in total. The van der Waals surface area contributed by atoms with Gasteiger partial charge in [-0.1, -0.05) is 36.4 Å². The highest BCUT2D eigenvalue weighted by molar-refractivity contribution is 7.17. The Morgan fingerprint density at radius 3 is 2.80 bits per heavy atom. The molecule has 130 valence electrons. The molecule has 0 aliphatic carbocycles. The lowest BCUT2D eigenvalue weighted by Gasteiger charge is -2.22. The second-order valence-electron chi connectivity index (χ2n) is 6.16. The van der Waals surface area contributed by atoms with Gasteiger partial charge in [-0.3, -0.25) is 0 Å². The molecule has 4 rings (SSSR count). The van der Waals surface area contributed by atoms with E-state index in [9.17, 15) is 0 Å². The lowest BCUT2D eigenvalue weighted by molar-refractivity contribution is -0.165. The number of thiophene rings is 1. The molecule has 1 fully saturated rings. The monoisotopic (exact) mass is 354 g/mol. The van der Waals surface area contributed by atoms with Gasteiger partial charge < -0.3 is 14.2 Å². The molecule has 2 aromatic carbocycles. The highest BCUT2D eigenvalue weighted by atomic mass is 32.1. The summed E-state index contributed by atoms with van der Waals surface area (Å²) in [6, 6.07) is 16.8. The van der Waals surface area contributed by atoms with Crippen molar-refractivity contribution in [1.29, 1.82) is 0 Å². The van der Waals surface area contributed by atoms with E-state index in [0.717, 1.165) is 30.8 Å². The molecule has 1 saturated heterocycles. The van der Waals surface area contributed by atoms with Gasteiger partial charge in [0.2, 0.25) is 0 Å². The number of hydrogen-bond donors (Lipinski definition) is 0. The predicted octanol–water partition coefficient (Wildman–Crippen LogP) is 5.49. The fourth-order valence-corrected chi connectivity index (χ4v) is 4.12. The van der Waals surface area contributed by atoms with E-state index < -0.39 is 0 Å². The maximum Gasteiger partial charge on any atom is 0.157 e. The van der Waals surface area contributed by atoms with Crippen LogP contribution in [-0.4, -0.2) is 26.1 Å². The number of para-hydroxylation sites is 1. The topological polar surface area (TPSA) is 27.7 Å². The molecule has 0 amide bonds. The van der Waals surface area contributed by atoms with E-state index in [0.29, 0.717) is 13.2 Å². The van der Waals surface area contributed by atoms with Crippen molar-refractivity contribution < 1.29 is 14.2 Å².